The maximum atomic E-state index is 11.5. The number of nitrogens with two attached hydrogens (primary N) is 1. The molecule has 0 fully saturated rings. The number of sulfonamides is 1. The van der Waals surface area contributed by atoms with E-state index in [1.807, 2.05) is 0 Å². The van der Waals surface area contributed by atoms with Crippen LogP contribution in [-0.4, -0.2) is 32.2 Å². The van der Waals surface area contributed by atoms with Gasteiger partial charge in [-0.25, -0.2) is 13.1 Å². The van der Waals surface area contributed by atoms with Crippen LogP contribution in [-0.2, 0) is 26.1 Å². The zero-order valence-corrected chi connectivity index (χ0v) is 11.9. The van der Waals surface area contributed by atoms with E-state index in [1.165, 1.54) is 0 Å². The van der Waals surface area contributed by atoms with Crippen LogP contribution in [0.4, 0.5) is 0 Å². The number of ether oxygens (including phenoxy) is 1. The molecule has 0 aliphatic rings. The Labute approximate surface area is 117 Å². The Hall–Kier alpha value is -1.51. The van der Waals surface area contributed by atoms with E-state index < -0.39 is 21.7 Å². The molecule has 1 rings (SSSR count). The van der Waals surface area contributed by atoms with Crippen LogP contribution in [0.1, 0.15) is 11.1 Å². The summed E-state index contributed by atoms with van der Waals surface area (Å²) in [6, 6.07) is 6.86. The number of rotatable bonds is 6. The van der Waals surface area contributed by atoms with E-state index in [-0.39, 0.29) is 11.5 Å². The van der Waals surface area contributed by atoms with E-state index in [2.05, 4.69) is 9.46 Å². The normalized spacial score (nSPS) is 11.0. The maximum absolute atomic E-state index is 11.5. The van der Waals surface area contributed by atoms with Gasteiger partial charge in [-0.1, -0.05) is 30.4 Å². The lowest BCUT2D eigenvalue weighted by atomic mass is 10.1. The fourth-order valence-corrected chi connectivity index (χ4v) is 2.34. The molecular formula is C11H14N2O4S2. The monoisotopic (exact) mass is 302 g/mol. The van der Waals surface area contributed by atoms with E-state index in [0.717, 1.165) is 7.11 Å². The van der Waals surface area contributed by atoms with Gasteiger partial charge in [0.1, 0.15) is 4.99 Å². The summed E-state index contributed by atoms with van der Waals surface area (Å²) in [6.07, 6.45) is 0. The highest BCUT2D eigenvalue weighted by Gasteiger charge is 2.16. The first-order valence-electron chi connectivity index (χ1n) is 5.27. The van der Waals surface area contributed by atoms with Crippen LogP contribution < -0.4 is 10.5 Å². The average Bonchev–Trinajstić information content (AvgIpc) is 2.36. The highest BCUT2D eigenvalue weighted by molar-refractivity contribution is 7.90. The molecule has 3 N–H and O–H groups in total. The van der Waals surface area contributed by atoms with Crippen molar-refractivity contribution < 1.29 is 17.9 Å². The van der Waals surface area contributed by atoms with Crippen molar-refractivity contribution in [1.82, 2.24) is 4.72 Å². The molecule has 0 bridgehead atoms. The highest BCUT2D eigenvalue weighted by Crippen LogP contribution is 2.05. The number of hydrogen-bond donors (Lipinski definition) is 2. The molecule has 8 heteroatoms. The van der Waals surface area contributed by atoms with Gasteiger partial charge in [0.15, 0.2) is 5.75 Å². The summed E-state index contributed by atoms with van der Waals surface area (Å²) in [5.41, 5.74) is 6.83. The molecule has 19 heavy (non-hydrogen) atoms. The molecule has 0 unspecified atom stereocenters. The van der Waals surface area contributed by atoms with Gasteiger partial charge >= 0.3 is 5.97 Å². The second-order valence-corrected chi connectivity index (χ2v) is 5.97. The predicted octanol–water partition coefficient (Wildman–Crippen LogP) is -0.0868. The van der Waals surface area contributed by atoms with Gasteiger partial charge in [0.05, 0.1) is 7.11 Å². The van der Waals surface area contributed by atoms with Crippen LogP contribution in [0.5, 0.6) is 0 Å². The van der Waals surface area contributed by atoms with Crippen molar-refractivity contribution in [3.63, 3.8) is 0 Å². The Morgan fingerprint density at radius 3 is 2.74 bits per heavy atom. The lowest BCUT2D eigenvalue weighted by molar-refractivity contribution is -0.137. The Morgan fingerprint density at radius 2 is 2.16 bits per heavy atom. The minimum atomic E-state index is -3.71. The molecule has 0 aliphatic heterocycles. The molecule has 1 aromatic rings. The molecule has 0 heterocycles. The Kier molecular flexibility index (Phi) is 5.40. The second kappa shape index (κ2) is 6.60. The van der Waals surface area contributed by atoms with Gasteiger partial charge in [-0.05, 0) is 11.6 Å². The first-order chi connectivity index (χ1) is 8.84. The number of carbonyl (C=O) groups is 1. The minimum absolute atomic E-state index is 0.0514. The van der Waals surface area contributed by atoms with Crippen molar-refractivity contribution in [3.8, 4) is 0 Å². The van der Waals surface area contributed by atoms with E-state index in [1.54, 1.807) is 24.3 Å². The summed E-state index contributed by atoms with van der Waals surface area (Å²) in [4.78, 5) is 11.1. The number of hydrogen-bond acceptors (Lipinski definition) is 5. The molecule has 104 valence electrons. The first-order valence-corrected chi connectivity index (χ1v) is 7.33. The quantitative estimate of drug-likeness (QED) is 0.563. The van der Waals surface area contributed by atoms with Crippen molar-refractivity contribution in [1.29, 1.82) is 0 Å². The Balaban J connectivity index is 2.69. The molecule has 0 aliphatic carbocycles. The molecule has 0 aromatic heterocycles. The molecule has 0 amide bonds. The predicted molar refractivity (Wildman–Crippen MR) is 75.0 cm³/mol. The summed E-state index contributed by atoms with van der Waals surface area (Å²) >= 11 is 4.83. The SMILES string of the molecule is COC(=O)CS(=O)(=O)NCc1cccc(C(N)=S)c1. The standard InChI is InChI=1S/C11H14N2O4S2/c1-17-10(14)7-19(15,16)13-6-8-3-2-4-9(5-8)11(12)18/h2-5,13H,6-7H2,1H3,(H2,12,18). The zero-order valence-electron chi connectivity index (χ0n) is 10.3. The second-order valence-electron chi connectivity index (χ2n) is 3.72. The Morgan fingerprint density at radius 1 is 1.47 bits per heavy atom. The molecule has 0 saturated heterocycles. The summed E-state index contributed by atoms with van der Waals surface area (Å²) in [6.45, 7) is 0.0514. The summed E-state index contributed by atoms with van der Waals surface area (Å²) < 4.78 is 29.7. The van der Waals surface area contributed by atoms with Crippen LogP contribution in [0.15, 0.2) is 24.3 Å². The van der Waals surface area contributed by atoms with Gasteiger partial charge in [0, 0.05) is 12.1 Å². The van der Waals surface area contributed by atoms with Crippen LogP contribution >= 0.6 is 12.2 Å². The number of carbonyl (C=O) groups excluding carboxylic acids is 1. The topological polar surface area (TPSA) is 98.5 Å². The fraction of sp³-hybridized carbons (Fsp3) is 0.273. The van der Waals surface area contributed by atoms with Crippen molar-refractivity contribution in [3.05, 3.63) is 35.4 Å². The third-order valence-electron chi connectivity index (χ3n) is 2.24. The summed E-state index contributed by atoms with van der Waals surface area (Å²) in [5, 5.41) is 0. The Bertz CT molecular complexity index is 584. The first kappa shape index (κ1) is 15.5. The van der Waals surface area contributed by atoms with E-state index >= 15 is 0 Å². The van der Waals surface area contributed by atoms with Crippen LogP contribution in [0.25, 0.3) is 0 Å². The largest absolute Gasteiger partial charge is 0.468 e. The molecule has 0 atom stereocenters. The zero-order chi connectivity index (χ0) is 14.5. The van der Waals surface area contributed by atoms with Gasteiger partial charge < -0.3 is 10.5 Å². The number of benzene rings is 1. The summed E-state index contributed by atoms with van der Waals surface area (Å²) in [7, 11) is -2.58. The van der Waals surface area contributed by atoms with Crippen molar-refractivity contribution in [2.75, 3.05) is 12.9 Å². The van der Waals surface area contributed by atoms with Gasteiger partial charge in [-0.3, -0.25) is 4.79 Å². The third-order valence-corrected chi connectivity index (χ3v) is 3.68. The third kappa shape index (κ3) is 5.33. The number of thiocarbonyl (C=S) groups is 1. The molecule has 0 saturated carbocycles. The molecular weight excluding hydrogens is 288 g/mol. The van der Waals surface area contributed by atoms with Crippen molar-refractivity contribution >= 4 is 33.2 Å². The number of methoxy groups -OCH3 is 1. The van der Waals surface area contributed by atoms with Crippen LogP contribution in [0, 0.1) is 0 Å². The van der Waals surface area contributed by atoms with E-state index in [9.17, 15) is 13.2 Å². The van der Waals surface area contributed by atoms with Crippen molar-refractivity contribution in [2.45, 2.75) is 6.54 Å². The molecule has 1 aromatic carbocycles. The van der Waals surface area contributed by atoms with Crippen molar-refractivity contribution in [2.24, 2.45) is 5.73 Å². The van der Waals surface area contributed by atoms with Gasteiger partial charge in [0.25, 0.3) is 0 Å². The smallest absolute Gasteiger partial charge is 0.322 e. The summed E-state index contributed by atoms with van der Waals surface area (Å²) in [5.74, 6) is -1.53. The van der Waals surface area contributed by atoms with Crippen LogP contribution in [0.3, 0.4) is 0 Å². The van der Waals surface area contributed by atoms with Gasteiger partial charge in [-0.2, -0.15) is 0 Å². The maximum Gasteiger partial charge on any atom is 0.322 e. The van der Waals surface area contributed by atoms with E-state index in [0.29, 0.717) is 11.1 Å². The lowest BCUT2D eigenvalue weighted by Gasteiger charge is -2.07. The van der Waals surface area contributed by atoms with Gasteiger partial charge in [0.2, 0.25) is 10.0 Å². The molecule has 0 radical (unpaired) electrons. The van der Waals surface area contributed by atoms with Crippen LogP contribution in [0.2, 0.25) is 0 Å². The van der Waals surface area contributed by atoms with Gasteiger partial charge in [-0.15, -0.1) is 0 Å². The molecule has 6 nitrogen and oxygen atoms in total. The fourth-order valence-electron chi connectivity index (χ4n) is 1.29. The molecule has 0 spiro atoms. The number of esters is 1. The highest BCUT2D eigenvalue weighted by atomic mass is 32.2. The van der Waals surface area contributed by atoms with E-state index in [4.69, 9.17) is 18.0 Å². The minimum Gasteiger partial charge on any atom is -0.468 e. The number of nitrogens with one attached hydrogen (secondary N) is 1. The lowest BCUT2D eigenvalue weighted by Crippen LogP contribution is -2.30. The average molecular weight is 302 g/mol.